The lowest BCUT2D eigenvalue weighted by molar-refractivity contribution is 0.361. The van der Waals surface area contributed by atoms with E-state index >= 15 is 0 Å². The van der Waals surface area contributed by atoms with Gasteiger partial charge in [0.25, 0.3) is 0 Å². The molecule has 0 bridgehead atoms. The third kappa shape index (κ3) is 4.65. The van der Waals surface area contributed by atoms with Crippen LogP contribution in [0.5, 0.6) is 23.0 Å². The molecule has 0 unspecified atom stereocenters. The Balaban J connectivity index is 1.03. The molecule has 11 rings (SSSR count). The predicted octanol–water partition coefficient (Wildman–Crippen LogP) is 13.2. The first-order valence-corrected chi connectivity index (χ1v) is 18.2. The van der Waals surface area contributed by atoms with E-state index in [1.165, 1.54) is 16.7 Å². The van der Waals surface area contributed by atoms with Crippen molar-refractivity contribution in [3.05, 3.63) is 169 Å². The van der Waals surface area contributed by atoms with E-state index < -0.39 is 0 Å². The summed E-state index contributed by atoms with van der Waals surface area (Å²) in [6, 6.07) is 54.0. The fraction of sp³-hybridized carbons (Fsp3) is 0.0612. The van der Waals surface area contributed by atoms with E-state index in [0.29, 0.717) is 17.3 Å². The molecular formula is C49H32N2O3. The largest absolute Gasteiger partial charge is 0.456 e. The minimum atomic E-state index is -0.149. The minimum Gasteiger partial charge on any atom is -0.456 e. The quantitative estimate of drug-likeness (QED) is 0.183. The van der Waals surface area contributed by atoms with Crippen LogP contribution in [0.25, 0.3) is 78.1 Å². The third-order valence-electron chi connectivity index (χ3n) is 11.0. The van der Waals surface area contributed by atoms with Gasteiger partial charge in [-0.2, -0.15) is 0 Å². The summed E-state index contributed by atoms with van der Waals surface area (Å²) in [7, 11) is 0. The molecule has 256 valence electrons. The molecule has 2 aliphatic rings. The lowest BCUT2D eigenvalue weighted by Crippen LogP contribution is -2.15. The molecule has 0 saturated heterocycles. The van der Waals surface area contributed by atoms with E-state index in [1.807, 2.05) is 54.6 Å². The lowest BCUT2D eigenvalue weighted by Gasteiger charge is -2.26. The average Bonchev–Trinajstić information content (AvgIpc) is 3.71. The lowest BCUT2D eigenvalue weighted by atomic mass is 9.82. The Morgan fingerprint density at radius 1 is 0.444 bits per heavy atom. The molecule has 0 saturated carbocycles. The molecule has 5 nitrogen and oxygen atoms in total. The second kappa shape index (κ2) is 11.5. The number of hydrogen-bond acceptors (Lipinski definition) is 5. The Hall–Kier alpha value is -6.98. The molecule has 9 aromatic rings. The number of hydrogen-bond donors (Lipinski definition) is 0. The van der Waals surface area contributed by atoms with Gasteiger partial charge in [0, 0.05) is 44.0 Å². The second-order valence-corrected chi connectivity index (χ2v) is 14.5. The van der Waals surface area contributed by atoms with Crippen molar-refractivity contribution in [3.63, 3.8) is 0 Å². The standard InChI is InChI=1S/C49H32N2O3/c1-49(2)37-19-8-6-17-36(37)45-38(49)24-25-43-47(45)54-46-33(18-11-21-42(46)53-43)30-14-10-15-32(26-30)48-50-39(29-12-4-3-5-13-29)28-40(51-48)31-22-23-35-34-16-7-9-20-41(34)52-44(35)27-31/h3-28H,1-2H3. The molecule has 0 spiro atoms. The Morgan fingerprint density at radius 3 is 2.06 bits per heavy atom. The van der Waals surface area contributed by atoms with Crippen LogP contribution < -0.4 is 9.47 Å². The van der Waals surface area contributed by atoms with Crippen molar-refractivity contribution in [1.82, 2.24) is 9.97 Å². The van der Waals surface area contributed by atoms with E-state index in [-0.39, 0.29) is 5.41 Å². The van der Waals surface area contributed by atoms with Gasteiger partial charge in [0.1, 0.15) is 11.2 Å². The van der Waals surface area contributed by atoms with E-state index in [2.05, 4.69) is 117 Å². The topological polar surface area (TPSA) is 57.4 Å². The number of aromatic nitrogens is 2. The van der Waals surface area contributed by atoms with Gasteiger partial charge in [-0.15, -0.1) is 0 Å². The highest BCUT2D eigenvalue weighted by molar-refractivity contribution is 6.05. The average molecular weight is 697 g/mol. The normalized spacial score (nSPS) is 13.4. The highest BCUT2D eigenvalue weighted by Crippen LogP contribution is 2.59. The van der Waals surface area contributed by atoms with Crippen molar-refractivity contribution >= 4 is 21.9 Å². The predicted molar refractivity (Wildman–Crippen MR) is 215 cm³/mol. The van der Waals surface area contributed by atoms with Crippen LogP contribution in [0.15, 0.2) is 162 Å². The number of ether oxygens (including phenoxy) is 2. The molecule has 0 radical (unpaired) electrons. The van der Waals surface area contributed by atoms with Gasteiger partial charge in [-0.1, -0.05) is 129 Å². The molecule has 1 aliphatic heterocycles. The fourth-order valence-electron chi connectivity index (χ4n) is 8.27. The summed E-state index contributed by atoms with van der Waals surface area (Å²) in [5.74, 6) is 3.48. The summed E-state index contributed by atoms with van der Waals surface area (Å²) in [5, 5.41) is 2.18. The molecule has 0 atom stereocenters. The van der Waals surface area contributed by atoms with Crippen LogP contribution >= 0.6 is 0 Å². The van der Waals surface area contributed by atoms with E-state index in [0.717, 1.165) is 78.2 Å². The molecule has 2 aromatic heterocycles. The summed E-state index contributed by atoms with van der Waals surface area (Å²) in [5.41, 5.74) is 12.8. The van der Waals surface area contributed by atoms with E-state index in [9.17, 15) is 0 Å². The first-order chi connectivity index (χ1) is 26.5. The van der Waals surface area contributed by atoms with Gasteiger partial charge in [0.15, 0.2) is 28.8 Å². The number of fused-ring (bicyclic) bond motifs is 9. The zero-order valence-electron chi connectivity index (χ0n) is 29.6. The monoisotopic (exact) mass is 696 g/mol. The summed E-state index contributed by atoms with van der Waals surface area (Å²) < 4.78 is 19.8. The first kappa shape index (κ1) is 30.6. The van der Waals surface area contributed by atoms with Crippen LogP contribution in [-0.2, 0) is 5.41 Å². The van der Waals surface area contributed by atoms with Crippen molar-refractivity contribution < 1.29 is 13.9 Å². The molecule has 0 fully saturated rings. The van der Waals surface area contributed by atoms with Crippen molar-refractivity contribution in [3.8, 4) is 79.2 Å². The summed E-state index contributed by atoms with van der Waals surface area (Å²) in [4.78, 5) is 10.3. The van der Waals surface area contributed by atoms with Gasteiger partial charge in [0.05, 0.1) is 11.4 Å². The number of benzene rings is 7. The molecule has 3 heterocycles. The highest BCUT2D eigenvalue weighted by atomic mass is 16.6. The van der Waals surface area contributed by atoms with E-state index in [4.69, 9.17) is 23.9 Å². The maximum Gasteiger partial charge on any atom is 0.178 e. The number of furan rings is 1. The van der Waals surface area contributed by atoms with Gasteiger partial charge >= 0.3 is 0 Å². The maximum absolute atomic E-state index is 6.95. The van der Waals surface area contributed by atoms with Crippen molar-refractivity contribution in [1.29, 1.82) is 0 Å². The van der Waals surface area contributed by atoms with Crippen LogP contribution in [0.1, 0.15) is 25.0 Å². The SMILES string of the molecule is CC1(C)c2ccccc2-c2c1ccc1c2Oc2c(cccc2-c2cccc(-c3nc(-c4ccccc4)cc(-c4ccc5c(c4)oc4ccccc45)n3)c2)O1. The Morgan fingerprint density at radius 2 is 1.15 bits per heavy atom. The van der Waals surface area contributed by atoms with Crippen LogP contribution in [-0.4, -0.2) is 9.97 Å². The van der Waals surface area contributed by atoms with Gasteiger partial charge in [-0.25, -0.2) is 9.97 Å². The minimum absolute atomic E-state index is 0.149. The van der Waals surface area contributed by atoms with Crippen LogP contribution in [0.2, 0.25) is 0 Å². The van der Waals surface area contributed by atoms with Gasteiger partial charge < -0.3 is 13.9 Å². The third-order valence-corrected chi connectivity index (χ3v) is 11.0. The summed E-state index contributed by atoms with van der Waals surface area (Å²) >= 11 is 0. The first-order valence-electron chi connectivity index (χ1n) is 18.2. The number of para-hydroxylation sites is 2. The number of rotatable bonds is 4. The van der Waals surface area contributed by atoms with Crippen molar-refractivity contribution in [2.75, 3.05) is 0 Å². The maximum atomic E-state index is 6.95. The fourth-order valence-corrected chi connectivity index (χ4v) is 8.27. The molecule has 1 aliphatic carbocycles. The molecule has 0 amide bonds. The Bertz CT molecular complexity index is 2980. The zero-order valence-corrected chi connectivity index (χ0v) is 29.6. The molecular weight excluding hydrogens is 665 g/mol. The van der Waals surface area contributed by atoms with Crippen LogP contribution in [0.4, 0.5) is 0 Å². The Kier molecular flexibility index (Phi) is 6.53. The second-order valence-electron chi connectivity index (χ2n) is 14.5. The number of nitrogens with zero attached hydrogens (tertiary/aromatic N) is 2. The van der Waals surface area contributed by atoms with E-state index in [1.54, 1.807) is 0 Å². The van der Waals surface area contributed by atoms with Crippen molar-refractivity contribution in [2.24, 2.45) is 0 Å². The van der Waals surface area contributed by atoms with Crippen molar-refractivity contribution in [2.45, 2.75) is 19.3 Å². The van der Waals surface area contributed by atoms with Gasteiger partial charge in [-0.05, 0) is 64.7 Å². The molecule has 5 heteroatoms. The summed E-state index contributed by atoms with van der Waals surface area (Å²) in [6.07, 6.45) is 0. The summed E-state index contributed by atoms with van der Waals surface area (Å²) in [6.45, 7) is 4.55. The molecule has 54 heavy (non-hydrogen) atoms. The Labute approximate surface area is 312 Å². The molecule has 0 N–H and O–H groups in total. The van der Waals surface area contributed by atoms with Gasteiger partial charge in [0.2, 0.25) is 0 Å². The highest BCUT2D eigenvalue weighted by Gasteiger charge is 2.39. The van der Waals surface area contributed by atoms with Crippen LogP contribution in [0.3, 0.4) is 0 Å². The zero-order chi connectivity index (χ0) is 36.0. The molecule has 7 aromatic carbocycles. The van der Waals surface area contributed by atoms with Gasteiger partial charge in [-0.3, -0.25) is 0 Å². The van der Waals surface area contributed by atoms with Crippen LogP contribution in [0, 0.1) is 0 Å². The smallest absolute Gasteiger partial charge is 0.178 e.